The summed E-state index contributed by atoms with van der Waals surface area (Å²) in [5, 5.41) is 5.67. The van der Waals surface area contributed by atoms with Crippen molar-refractivity contribution in [3.63, 3.8) is 0 Å². The first-order valence-corrected chi connectivity index (χ1v) is 9.71. The Balaban J connectivity index is 1.46. The smallest absolute Gasteiger partial charge is 0.315 e. The number of carbonyl (C=O) groups excluding carboxylic acids is 2. The molecule has 1 fully saturated rings. The average molecular weight is 413 g/mol. The Morgan fingerprint density at radius 3 is 2.40 bits per heavy atom. The van der Waals surface area contributed by atoms with Gasteiger partial charge in [-0.3, -0.25) is 4.79 Å². The number of hydrogen-bond acceptors (Lipinski definition) is 5. The zero-order chi connectivity index (χ0) is 21.5. The van der Waals surface area contributed by atoms with E-state index in [0.29, 0.717) is 37.6 Å². The van der Waals surface area contributed by atoms with E-state index in [9.17, 15) is 9.59 Å². The van der Waals surface area contributed by atoms with Crippen LogP contribution in [0.25, 0.3) is 0 Å². The Morgan fingerprint density at radius 2 is 1.73 bits per heavy atom. The third-order valence-electron chi connectivity index (χ3n) is 5.04. The molecular formula is C22H27N3O5. The molecule has 2 aromatic carbocycles. The molecule has 3 amide bonds. The molecule has 1 aliphatic heterocycles. The van der Waals surface area contributed by atoms with Crippen LogP contribution in [0.3, 0.4) is 0 Å². The number of amides is 3. The van der Waals surface area contributed by atoms with Crippen LogP contribution in [0.5, 0.6) is 17.2 Å². The molecule has 160 valence electrons. The molecule has 8 nitrogen and oxygen atoms in total. The number of nitrogens with one attached hydrogen (secondary N) is 2. The lowest BCUT2D eigenvalue weighted by Crippen LogP contribution is -2.38. The lowest BCUT2D eigenvalue weighted by Gasteiger charge is -2.17. The van der Waals surface area contributed by atoms with E-state index in [1.54, 1.807) is 32.3 Å². The molecule has 3 rings (SSSR count). The first-order chi connectivity index (χ1) is 14.5. The highest BCUT2D eigenvalue weighted by molar-refractivity contribution is 5.95. The predicted molar refractivity (Wildman–Crippen MR) is 113 cm³/mol. The number of urea groups is 1. The summed E-state index contributed by atoms with van der Waals surface area (Å²) >= 11 is 0. The van der Waals surface area contributed by atoms with Gasteiger partial charge < -0.3 is 29.7 Å². The fraction of sp³-hybridized carbons (Fsp3) is 0.364. The molecule has 0 bridgehead atoms. The normalized spacial score (nSPS) is 15.6. The van der Waals surface area contributed by atoms with E-state index in [2.05, 4.69) is 10.6 Å². The average Bonchev–Trinajstić information content (AvgIpc) is 3.16. The van der Waals surface area contributed by atoms with Crippen molar-refractivity contribution in [1.82, 2.24) is 10.6 Å². The monoisotopic (exact) mass is 413 g/mol. The molecule has 2 aromatic rings. The summed E-state index contributed by atoms with van der Waals surface area (Å²) in [7, 11) is 4.75. The fourth-order valence-corrected chi connectivity index (χ4v) is 3.40. The van der Waals surface area contributed by atoms with Gasteiger partial charge >= 0.3 is 6.03 Å². The molecular weight excluding hydrogens is 386 g/mol. The predicted octanol–water partition coefficient (Wildman–Crippen LogP) is 2.56. The summed E-state index contributed by atoms with van der Waals surface area (Å²) in [6, 6.07) is 12.6. The van der Waals surface area contributed by atoms with Gasteiger partial charge in [-0.05, 0) is 42.0 Å². The third kappa shape index (κ3) is 5.14. The summed E-state index contributed by atoms with van der Waals surface area (Å²) in [5.74, 6) is 2.11. The second kappa shape index (κ2) is 9.87. The summed E-state index contributed by atoms with van der Waals surface area (Å²) < 4.78 is 15.6. The van der Waals surface area contributed by atoms with Crippen LogP contribution in [-0.4, -0.2) is 46.4 Å². The van der Waals surface area contributed by atoms with E-state index < -0.39 is 0 Å². The Labute approximate surface area is 176 Å². The highest BCUT2D eigenvalue weighted by Crippen LogP contribution is 2.28. The molecule has 1 saturated heterocycles. The second-order valence-electron chi connectivity index (χ2n) is 7.03. The van der Waals surface area contributed by atoms with Gasteiger partial charge in [0.05, 0.1) is 21.3 Å². The molecule has 0 spiro atoms. The largest absolute Gasteiger partial charge is 0.497 e. The number of nitrogens with zero attached hydrogens (tertiary/aromatic N) is 1. The highest BCUT2D eigenvalue weighted by Gasteiger charge is 2.30. The zero-order valence-corrected chi connectivity index (χ0v) is 17.4. The Bertz CT molecular complexity index is 885. The Morgan fingerprint density at radius 1 is 1.00 bits per heavy atom. The maximum atomic E-state index is 12.4. The SMILES string of the molecule is COc1ccc(N2C[C@@H](CNC(=O)NCc3ccc(OC)c(OC)c3)CC2=O)cc1. The molecule has 0 unspecified atom stereocenters. The number of benzene rings is 2. The highest BCUT2D eigenvalue weighted by atomic mass is 16.5. The lowest BCUT2D eigenvalue weighted by atomic mass is 10.1. The summed E-state index contributed by atoms with van der Waals surface area (Å²) in [6.07, 6.45) is 0.405. The number of methoxy groups -OCH3 is 3. The first-order valence-electron chi connectivity index (χ1n) is 9.71. The lowest BCUT2D eigenvalue weighted by molar-refractivity contribution is -0.117. The van der Waals surface area contributed by atoms with Gasteiger partial charge in [0.1, 0.15) is 5.75 Å². The van der Waals surface area contributed by atoms with Crippen molar-refractivity contribution in [2.45, 2.75) is 13.0 Å². The van der Waals surface area contributed by atoms with Gasteiger partial charge in [-0.1, -0.05) is 6.07 Å². The van der Waals surface area contributed by atoms with Crippen molar-refractivity contribution in [3.05, 3.63) is 48.0 Å². The van der Waals surface area contributed by atoms with Crippen molar-refractivity contribution in [2.75, 3.05) is 39.3 Å². The number of anilines is 1. The van der Waals surface area contributed by atoms with Gasteiger partial charge in [0, 0.05) is 37.7 Å². The number of rotatable bonds is 8. The quantitative estimate of drug-likeness (QED) is 0.694. The van der Waals surface area contributed by atoms with Gasteiger partial charge in [-0.2, -0.15) is 0 Å². The summed E-state index contributed by atoms with van der Waals surface area (Å²) in [4.78, 5) is 26.3. The van der Waals surface area contributed by atoms with Gasteiger partial charge in [0.2, 0.25) is 5.91 Å². The van der Waals surface area contributed by atoms with Crippen LogP contribution < -0.4 is 29.7 Å². The van der Waals surface area contributed by atoms with Gasteiger partial charge in [0.25, 0.3) is 0 Å². The van der Waals surface area contributed by atoms with Crippen molar-refractivity contribution < 1.29 is 23.8 Å². The molecule has 1 aliphatic rings. The van der Waals surface area contributed by atoms with E-state index >= 15 is 0 Å². The van der Waals surface area contributed by atoms with Gasteiger partial charge in [-0.25, -0.2) is 4.79 Å². The Hall–Kier alpha value is -3.42. The maximum Gasteiger partial charge on any atom is 0.315 e. The molecule has 0 saturated carbocycles. The van der Waals surface area contributed by atoms with Crippen LogP contribution in [0, 0.1) is 5.92 Å². The van der Waals surface area contributed by atoms with Crippen LogP contribution in [0.4, 0.5) is 10.5 Å². The Kier molecular flexibility index (Phi) is 7.00. The van der Waals surface area contributed by atoms with Crippen molar-refractivity contribution in [1.29, 1.82) is 0 Å². The zero-order valence-electron chi connectivity index (χ0n) is 17.4. The van der Waals surface area contributed by atoms with Crippen LogP contribution in [0.1, 0.15) is 12.0 Å². The fourth-order valence-electron chi connectivity index (χ4n) is 3.40. The van der Waals surface area contributed by atoms with Gasteiger partial charge in [-0.15, -0.1) is 0 Å². The molecule has 0 aliphatic carbocycles. The minimum atomic E-state index is -0.278. The van der Waals surface area contributed by atoms with Crippen LogP contribution >= 0.6 is 0 Å². The standard InChI is InChI=1S/C22H27N3O5/c1-28-18-7-5-17(6-8-18)25-14-16(11-21(25)26)13-24-22(27)23-12-15-4-9-19(29-2)20(10-15)30-3/h4-10,16H,11-14H2,1-3H3,(H2,23,24,27)/t16-/m1/s1. The number of hydrogen-bond donors (Lipinski definition) is 2. The summed E-state index contributed by atoms with van der Waals surface area (Å²) in [6.45, 7) is 1.35. The topological polar surface area (TPSA) is 89.1 Å². The van der Waals surface area contributed by atoms with Crippen LogP contribution in [0.2, 0.25) is 0 Å². The minimum absolute atomic E-state index is 0.0534. The van der Waals surface area contributed by atoms with E-state index in [4.69, 9.17) is 14.2 Å². The van der Waals surface area contributed by atoms with Crippen molar-refractivity contribution in [2.24, 2.45) is 5.92 Å². The molecule has 1 heterocycles. The van der Waals surface area contributed by atoms with Crippen molar-refractivity contribution >= 4 is 17.6 Å². The van der Waals surface area contributed by atoms with Crippen LogP contribution in [0.15, 0.2) is 42.5 Å². The maximum absolute atomic E-state index is 12.4. The van der Waals surface area contributed by atoms with E-state index in [1.807, 2.05) is 36.4 Å². The molecule has 8 heteroatoms. The molecule has 1 atom stereocenters. The molecule has 2 N–H and O–H groups in total. The third-order valence-corrected chi connectivity index (χ3v) is 5.04. The van der Waals surface area contributed by atoms with Crippen molar-refractivity contribution in [3.8, 4) is 17.2 Å². The van der Waals surface area contributed by atoms with E-state index in [-0.39, 0.29) is 17.9 Å². The molecule has 0 radical (unpaired) electrons. The van der Waals surface area contributed by atoms with Gasteiger partial charge in [0.15, 0.2) is 11.5 Å². The van der Waals surface area contributed by atoms with Crippen LogP contribution in [-0.2, 0) is 11.3 Å². The second-order valence-corrected chi connectivity index (χ2v) is 7.03. The first kappa shape index (κ1) is 21.3. The molecule has 30 heavy (non-hydrogen) atoms. The molecule has 0 aromatic heterocycles. The summed E-state index contributed by atoms with van der Waals surface area (Å²) in [5.41, 5.74) is 1.73. The van der Waals surface area contributed by atoms with E-state index in [1.165, 1.54) is 0 Å². The van der Waals surface area contributed by atoms with E-state index in [0.717, 1.165) is 17.0 Å². The number of carbonyl (C=O) groups is 2. The minimum Gasteiger partial charge on any atom is -0.497 e. The number of ether oxygens (including phenoxy) is 3.